The Morgan fingerprint density at radius 1 is 1.14 bits per heavy atom. The number of carbonyl (C=O) groups excluding carboxylic acids is 3. The van der Waals surface area contributed by atoms with Gasteiger partial charge in [0.05, 0.1) is 31.0 Å². The third-order valence-electron chi connectivity index (χ3n) is 4.84. The van der Waals surface area contributed by atoms with Crippen molar-refractivity contribution >= 4 is 23.3 Å². The van der Waals surface area contributed by atoms with Gasteiger partial charge in [0.25, 0.3) is 0 Å². The molecule has 1 amide bonds. The van der Waals surface area contributed by atoms with E-state index in [2.05, 4.69) is 10.3 Å². The maximum absolute atomic E-state index is 12.9. The molecule has 28 heavy (non-hydrogen) atoms. The molecule has 2 rings (SSSR count). The number of aryl methyl sites for hydroxylation is 2. The highest BCUT2D eigenvalue weighted by Crippen LogP contribution is 2.21. The zero-order chi connectivity index (χ0) is 21.0. The summed E-state index contributed by atoms with van der Waals surface area (Å²) in [7, 11) is 3.02. The van der Waals surface area contributed by atoms with Crippen LogP contribution in [-0.2, 0) is 9.53 Å². The number of esters is 1. The fourth-order valence-corrected chi connectivity index (χ4v) is 3.01. The maximum Gasteiger partial charge on any atom is 0.339 e. The van der Waals surface area contributed by atoms with Crippen LogP contribution in [0.2, 0.25) is 0 Å². The van der Waals surface area contributed by atoms with Crippen molar-refractivity contribution in [3.63, 3.8) is 0 Å². The van der Waals surface area contributed by atoms with E-state index in [1.165, 1.54) is 7.11 Å². The van der Waals surface area contributed by atoms with Crippen molar-refractivity contribution in [2.45, 2.75) is 33.7 Å². The van der Waals surface area contributed by atoms with Crippen LogP contribution in [0, 0.1) is 20.8 Å². The first-order valence-corrected chi connectivity index (χ1v) is 9.04. The van der Waals surface area contributed by atoms with E-state index in [0.717, 1.165) is 5.56 Å². The number of aromatic nitrogens is 1. The lowest BCUT2D eigenvalue weighted by Gasteiger charge is -2.23. The van der Waals surface area contributed by atoms with Gasteiger partial charge in [0.1, 0.15) is 0 Å². The smallest absolute Gasteiger partial charge is 0.339 e. The molecule has 0 aliphatic heterocycles. The van der Waals surface area contributed by atoms with Gasteiger partial charge in [-0.2, -0.15) is 0 Å². The second-order valence-corrected chi connectivity index (χ2v) is 6.99. The summed E-state index contributed by atoms with van der Waals surface area (Å²) in [5.41, 5.74) is 3.69. The number of likely N-dealkylation sites (N-methyl/N-ethyl adjacent to an activating group) is 1. The van der Waals surface area contributed by atoms with Gasteiger partial charge in [-0.25, -0.2) is 4.79 Å². The van der Waals surface area contributed by atoms with Gasteiger partial charge >= 0.3 is 5.97 Å². The Morgan fingerprint density at radius 3 is 2.32 bits per heavy atom. The van der Waals surface area contributed by atoms with Crippen LogP contribution in [0.25, 0.3) is 0 Å². The van der Waals surface area contributed by atoms with Gasteiger partial charge in [0.2, 0.25) is 5.91 Å². The van der Waals surface area contributed by atoms with E-state index >= 15 is 0 Å². The molecule has 1 aromatic heterocycles. The van der Waals surface area contributed by atoms with Crippen molar-refractivity contribution in [1.82, 2.24) is 9.88 Å². The largest absolute Gasteiger partial charge is 0.465 e. The second kappa shape index (κ2) is 8.84. The average Bonchev–Trinajstić information content (AvgIpc) is 2.95. The SMILES string of the molecule is COC(=O)c1c(C)[nH]c(C(=O)[C@@H](C)N(C)CC(=O)Nc2ccc(C)cc2)c1C. The van der Waals surface area contributed by atoms with E-state index in [1.54, 1.807) is 32.7 Å². The Bertz CT molecular complexity index is 884. The summed E-state index contributed by atoms with van der Waals surface area (Å²) >= 11 is 0. The first-order valence-electron chi connectivity index (χ1n) is 9.04. The quantitative estimate of drug-likeness (QED) is 0.565. The van der Waals surface area contributed by atoms with E-state index in [0.29, 0.717) is 28.2 Å². The van der Waals surface area contributed by atoms with E-state index in [9.17, 15) is 14.4 Å². The number of H-pyrrole nitrogens is 1. The van der Waals surface area contributed by atoms with Crippen LogP contribution in [0.15, 0.2) is 24.3 Å². The molecule has 1 aromatic carbocycles. The lowest BCUT2D eigenvalue weighted by Crippen LogP contribution is -2.41. The van der Waals surface area contributed by atoms with Crippen molar-refractivity contribution in [3.8, 4) is 0 Å². The van der Waals surface area contributed by atoms with Crippen LogP contribution in [0.1, 0.15) is 44.6 Å². The standard InChI is InChI=1S/C21H27N3O4/c1-12-7-9-16(10-8-12)23-17(25)11-24(5)15(4)20(26)19-13(2)18(14(3)22-19)21(27)28-6/h7-10,15,22H,11H2,1-6H3,(H,23,25)/t15-/m1/s1. The number of nitrogens with one attached hydrogen (secondary N) is 2. The van der Waals surface area contributed by atoms with E-state index in [1.807, 2.05) is 31.2 Å². The Kier molecular flexibility index (Phi) is 6.75. The van der Waals surface area contributed by atoms with Crippen LogP contribution >= 0.6 is 0 Å². The van der Waals surface area contributed by atoms with Gasteiger partial charge in [0, 0.05) is 11.4 Å². The predicted octanol–water partition coefficient (Wildman–Crippen LogP) is 2.87. The molecule has 0 aliphatic rings. The van der Waals surface area contributed by atoms with E-state index in [-0.39, 0.29) is 18.2 Å². The van der Waals surface area contributed by atoms with Gasteiger partial charge in [-0.05, 0) is 52.4 Å². The zero-order valence-electron chi connectivity index (χ0n) is 17.2. The number of hydrogen-bond donors (Lipinski definition) is 2. The summed E-state index contributed by atoms with van der Waals surface area (Å²) in [4.78, 5) is 41.8. The Hall–Kier alpha value is -2.93. The molecule has 0 radical (unpaired) electrons. The number of aromatic amines is 1. The van der Waals surface area contributed by atoms with Crippen LogP contribution < -0.4 is 5.32 Å². The first-order chi connectivity index (χ1) is 13.1. The Morgan fingerprint density at radius 2 is 1.75 bits per heavy atom. The number of nitrogens with zero attached hydrogens (tertiary/aromatic N) is 1. The summed E-state index contributed by atoms with van der Waals surface area (Å²) in [6.45, 7) is 7.19. The molecule has 0 spiro atoms. The minimum atomic E-state index is -0.550. The Labute approximate surface area is 165 Å². The monoisotopic (exact) mass is 385 g/mol. The normalized spacial score (nSPS) is 12.0. The van der Waals surface area contributed by atoms with Crippen molar-refractivity contribution < 1.29 is 19.1 Å². The summed E-state index contributed by atoms with van der Waals surface area (Å²) < 4.78 is 4.78. The summed E-state index contributed by atoms with van der Waals surface area (Å²) in [5.74, 6) is -0.884. The highest BCUT2D eigenvalue weighted by atomic mass is 16.5. The van der Waals surface area contributed by atoms with E-state index < -0.39 is 12.0 Å². The molecule has 0 unspecified atom stereocenters. The molecule has 2 aromatic rings. The lowest BCUT2D eigenvalue weighted by atomic mass is 10.0. The number of carbonyl (C=O) groups is 3. The summed E-state index contributed by atoms with van der Waals surface area (Å²) in [6, 6.07) is 6.95. The number of methoxy groups -OCH3 is 1. The van der Waals surface area contributed by atoms with Gasteiger partial charge < -0.3 is 15.0 Å². The predicted molar refractivity (Wildman–Crippen MR) is 108 cm³/mol. The van der Waals surface area contributed by atoms with Crippen molar-refractivity contribution in [2.24, 2.45) is 0 Å². The van der Waals surface area contributed by atoms with Gasteiger partial charge in [0.15, 0.2) is 5.78 Å². The molecular formula is C21H27N3O4. The fourth-order valence-electron chi connectivity index (χ4n) is 3.01. The van der Waals surface area contributed by atoms with Crippen molar-refractivity contribution in [1.29, 1.82) is 0 Å². The average molecular weight is 385 g/mol. The van der Waals surface area contributed by atoms with Gasteiger partial charge in [-0.3, -0.25) is 14.5 Å². The van der Waals surface area contributed by atoms with E-state index in [4.69, 9.17) is 4.74 Å². The van der Waals surface area contributed by atoms with Gasteiger partial charge in [-0.1, -0.05) is 17.7 Å². The molecular weight excluding hydrogens is 358 g/mol. The molecule has 7 heteroatoms. The Balaban J connectivity index is 2.07. The molecule has 150 valence electrons. The lowest BCUT2D eigenvalue weighted by molar-refractivity contribution is -0.117. The number of amides is 1. The molecule has 0 saturated carbocycles. The van der Waals surface area contributed by atoms with Gasteiger partial charge in [-0.15, -0.1) is 0 Å². The van der Waals surface area contributed by atoms with Crippen molar-refractivity contribution in [2.75, 3.05) is 26.0 Å². The van der Waals surface area contributed by atoms with Crippen LogP contribution in [-0.4, -0.2) is 54.3 Å². The number of ether oxygens (including phenoxy) is 1. The summed E-state index contributed by atoms with van der Waals surface area (Å²) in [5, 5.41) is 2.82. The zero-order valence-corrected chi connectivity index (χ0v) is 17.2. The number of Topliss-reactive ketones (excluding diaryl/α,β-unsaturated/α-hetero) is 1. The molecule has 7 nitrogen and oxygen atoms in total. The molecule has 1 atom stereocenters. The fraction of sp³-hybridized carbons (Fsp3) is 0.381. The summed E-state index contributed by atoms with van der Waals surface area (Å²) in [6.07, 6.45) is 0. The molecule has 0 bridgehead atoms. The topological polar surface area (TPSA) is 91.5 Å². The molecule has 0 saturated heterocycles. The van der Waals surface area contributed by atoms with Crippen LogP contribution in [0.3, 0.4) is 0 Å². The maximum atomic E-state index is 12.9. The van der Waals surface area contributed by atoms with Crippen LogP contribution in [0.4, 0.5) is 5.69 Å². The second-order valence-electron chi connectivity index (χ2n) is 6.99. The molecule has 0 fully saturated rings. The number of hydrogen-bond acceptors (Lipinski definition) is 5. The number of benzene rings is 1. The third-order valence-corrected chi connectivity index (χ3v) is 4.84. The molecule has 1 heterocycles. The minimum Gasteiger partial charge on any atom is -0.465 e. The minimum absolute atomic E-state index is 0.0589. The first kappa shape index (κ1) is 21.4. The highest BCUT2D eigenvalue weighted by molar-refractivity contribution is 6.04. The number of anilines is 1. The third kappa shape index (κ3) is 4.67. The number of rotatable bonds is 7. The highest BCUT2D eigenvalue weighted by Gasteiger charge is 2.27. The van der Waals surface area contributed by atoms with Crippen LogP contribution in [0.5, 0.6) is 0 Å². The molecule has 2 N–H and O–H groups in total. The van der Waals surface area contributed by atoms with Crippen molar-refractivity contribution in [3.05, 3.63) is 52.3 Å². The number of ketones is 1. The molecule has 0 aliphatic carbocycles.